The van der Waals surface area contributed by atoms with Crippen LogP contribution < -0.4 is 10.1 Å². The number of carboxylic acid groups (broad SMARTS) is 1. The van der Waals surface area contributed by atoms with Crippen molar-refractivity contribution in [1.29, 1.82) is 0 Å². The van der Waals surface area contributed by atoms with Crippen LogP contribution in [0.5, 0.6) is 5.75 Å². The fourth-order valence-electron chi connectivity index (χ4n) is 2.64. The van der Waals surface area contributed by atoms with Gasteiger partial charge in [0.25, 0.3) is 5.91 Å². The second-order valence-corrected chi connectivity index (χ2v) is 5.67. The standard InChI is InChI=1S/C17H23N3O5/c1-2-25-14-6-4-3-5-13(14)17(24)20-9-7-19(8-10-20)12-15(21)18-11-16(22)23/h3-6H,2,7-12H2,1H3,(H,18,21)(H,22,23). The minimum atomic E-state index is -1.07. The summed E-state index contributed by atoms with van der Waals surface area (Å²) in [6.45, 7) is 4.23. The highest BCUT2D eigenvalue weighted by Crippen LogP contribution is 2.20. The molecule has 25 heavy (non-hydrogen) atoms. The zero-order valence-electron chi connectivity index (χ0n) is 14.2. The molecule has 0 unspecified atom stereocenters. The zero-order valence-corrected chi connectivity index (χ0v) is 14.2. The Hall–Kier alpha value is -2.61. The number of aliphatic carboxylic acids is 1. The van der Waals surface area contributed by atoms with E-state index in [4.69, 9.17) is 9.84 Å². The summed E-state index contributed by atoms with van der Waals surface area (Å²) >= 11 is 0. The van der Waals surface area contributed by atoms with Crippen LogP contribution in [0.3, 0.4) is 0 Å². The Morgan fingerprint density at radius 1 is 1.16 bits per heavy atom. The number of ether oxygens (including phenoxy) is 1. The predicted octanol–water partition coefficient (Wildman–Crippen LogP) is 0.0439. The predicted molar refractivity (Wildman–Crippen MR) is 90.6 cm³/mol. The zero-order chi connectivity index (χ0) is 18.2. The molecule has 0 bridgehead atoms. The van der Waals surface area contributed by atoms with Gasteiger partial charge >= 0.3 is 5.97 Å². The van der Waals surface area contributed by atoms with Gasteiger partial charge in [0.1, 0.15) is 12.3 Å². The van der Waals surface area contributed by atoms with Crippen molar-refractivity contribution in [3.05, 3.63) is 29.8 Å². The SMILES string of the molecule is CCOc1ccccc1C(=O)N1CCN(CC(=O)NCC(=O)O)CC1. The minimum absolute atomic E-state index is 0.0842. The fourth-order valence-corrected chi connectivity index (χ4v) is 2.64. The van der Waals surface area contributed by atoms with Gasteiger partial charge in [0.05, 0.1) is 18.7 Å². The van der Waals surface area contributed by atoms with Gasteiger partial charge in [0.2, 0.25) is 5.91 Å². The number of hydrogen-bond acceptors (Lipinski definition) is 5. The van der Waals surface area contributed by atoms with Crippen LogP contribution in [0.4, 0.5) is 0 Å². The molecule has 1 aliphatic heterocycles. The Balaban J connectivity index is 1.86. The van der Waals surface area contributed by atoms with Crippen molar-refractivity contribution in [1.82, 2.24) is 15.1 Å². The molecule has 0 aromatic heterocycles. The molecule has 0 spiro atoms. The molecule has 8 heteroatoms. The number of benzene rings is 1. The number of para-hydroxylation sites is 1. The smallest absolute Gasteiger partial charge is 0.322 e. The molecule has 0 atom stereocenters. The van der Waals surface area contributed by atoms with Crippen LogP contribution in [0.15, 0.2) is 24.3 Å². The fraction of sp³-hybridized carbons (Fsp3) is 0.471. The van der Waals surface area contributed by atoms with E-state index >= 15 is 0 Å². The molecule has 2 N–H and O–H groups in total. The monoisotopic (exact) mass is 349 g/mol. The van der Waals surface area contributed by atoms with Crippen molar-refractivity contribution < 1.29 is 24.2 Å². The first-order valence-corrected chi connectivity index (χ1v) is 8.23. The van der Waals surface area contributed by atoms with E-state index in [-0.39, 0.29) is 24.9 Å². The third kappa shape index (κ3) is 5.46. The lowest BCUT2D eigenvalue weighted by atomic mass is 10.1. The lowest BCUT2D eigenvalue weighted by molar-refractivity contribution is -0.138. The van der Waals surface area contributed by atoms with E-state index in [0.29, 0.717) is 44.1 Å². The Kier molecular flexibility index (Phi) is 6.76. The average Bonchev–Trinajstić information content (AvgIpc) is 2.61. The van der Waals surface area contributed by atoms with Gasteiger partial charge in [-0.3, -0.25) is 19.3 Å². The van der Waals surface area contributed by atoms with E-state index in [2.05, 4.69) is 5.32 Å². The maximum absolute atomic E-state index is 12.7. The van der Waals surface area contributed by atoms with Crippen molar-refractivity contribution >= 4 is 17.8 Å². The summed E-state index contributed by atoms with van der Waals surface area (Å²) in [6.07, 6.45) is 0. The van der Waals surface area contributed by atoms with Crippen molar-refractivity contribution in [2.45, 2.75) is 6.92 Å². The number of nitrogens with one attached hydrogen (secondary N) is 1. The topological polar surface area (TPSA) is 99.2 Å². The highest BCUT2D eigenvalue weighted by Gasteiger charge is 2.25. The molecule has 1 aliphatic rings. The molecule has 0 aliphatic carbocycles. The molecule has 8 nitrogen and oxygen atoms in total. The van der Waals surface area contributed by atoms with Gasteiger partial charge in [0.15, 0.2) is 0 Å². The van der Waals surface area contributed by atoms with Gasteiger partial charge in [-0.25, -0.2) is 0 Å². The molecule has 0 saturated carbocycles. The van der Waals surface area contributed by atoms with Crippen LogP contribution in [0.2, 0.25) is 0 Å². The van der Waals surface area contributed by atoms with E-state index in [1.54, 1.807) is 23.1 Å². The van der Waals surface area contributed by atoms with Gasteiger partial charge in [-0.05, 0) is 19.1 Å². The number of amides is 2. The highest BCUT2D eigenvalue weighted by molar-refractivity contribution is 5.97. The van der Waals surface area contributed by atoms with Crippen LogP contribution in [-0.4, -0.2) is 78.6 Å². The maximum Gasteiger partial charge on any atom is 0.322 e. The summed E-state index contributed by atoms with van der Waals surface area (Å²) in [5, 5.41) is 10.9. The third-order valence-corrected chi connectivity index (χ3v) is 3.88. The average molecular weight is 349 g/mol. The van der Waals surface area contributed by atoms with Crippen molar-refractivity contribution in [2.75, 3.05) is 45.9 Å². The summed E-state index contributed by atoms with van der Waals surface area (Å²) in [7, 11) is 0. The van der Waals surface area contributed by atoms with Crippen LogP contribution in [0.25, 0.3) is 0 Å². The lowest BCUT2D eigenvalue weighted by Crippen LogP contribution is -2.51. The van der Waals surface area contributed by atoms with E-state index in [1.807, 2.05) is 17.9 Å². The Labute approximate surface area is 146 Å². The minimum Gasteiger partial charge on any atom is -0.493 e. The summed E-state index contributed by atoms with van der Waals surface area (Å²) in [6, 6.07) is 7.16. The third-order valence-electron chi connectivity index (χ3n) is 3.88. The van der Waals surface area contributed by atoms with Gasteiger partial charge < -0.3 is 20.1 Å². The Morgan fingerprint density at radius 2 is 1.84 bits per heavy atom. The molecule has 1 heterocycles. The molecular weight excluding hydrogens is 326 g/mol. The largest absolute Gasteiger partial charge is 0.493 e. The first-order valence-electron chi connectivity index (χ1n) is 8.23. The normalized spacial score (nSPS) is 14.8. The second kappa shape index (κ2) is 9.03. The lowest BCUT2D eigenvalue weighted by Gasteiger charge is -2.34. The number of carbonyl (C=O) groups is 3. The molecular formula is C17H23N3O5. The van der Waals surface area contributed by atoms with Crippen molar-refractivity contribution in [3.8, 4) is 5.75 Å². The van der Waals surface area contributed by atoms with Crippen LogP contribution in [0, 0.1) is 0 Å². The van der Waals surface area contributed by atoms with Crippen LogP contribution in [-0.2, 0) is 9.59 Å². The molecule has 2 amide bonds. The Morgan fingerprint density at radius 3 is 2.48 bits per heavy atom. The number of piperazine rings is 1. The van der Waals surface area contributed by atoms with Gasteiger partial charge in [0, 0.05) is 26.2 Å². The van der Waals surface area contributed by atoms with E-state index in [9.17, 15) is 14.4 Å². The molecule has 2 rings (SSSR count). The summed E-state index contributed by atoms with van der Waals surface area (Å²) in [4.78, 5) is 38.4. The number of rotatable bonds is 7. The summed E-state index contributed by atoms with van der Waals surface area (Å²) < 4.78 is 5.51. The quantitative estimate of drug-likeness (QED) is 0.721. The van der Waals surface area contributed by atoms with Gasteiger partial charge in [-0.15, -0.1) is 0 Å². The van der Waals surface area contributed by atoms with Crippen LogP contribution >= 0.6 is 0 Å². The molecule has 136 valence electrons. The number of nitrogens with zero attached hydrogens (tertiary/aromatic N) is 2. The number of carbonyl (C=O) groups excluding carboxylic acids is 2. The second-order valence-electron chi connectivity index (χ2n) is 5.67. The number of carboxylic acids is 1. The summed E-state index contributed by atoms with van der Waals surface area (Å²) in [5.74, 6) is -0.912. The molecule has 0 radical (unpaired) electrons. The van der Waals surface area contributed by atoms with Crippen molar-refractivity contribution in [3.63, 3.8) is 0 Å². The van der Waals surface area contributed by atoms with Crippen molar-refractivity contribution in [2.24, 2.45) is 0 Å². The Bertz CT molecular complexity index is 626. The molecule has 1 fully saturated rings. The first-order chi connectivity index (χ1) is 12.0. The molecule has 1 aromatic rings. The summed E-state index contributed by atoms with van der Waals surface area (Å²) in [5.41, 5.74) is 0.539. The van der Waals surface area contributed by atoms with E-state index in [0.717, 1.165) is 0 Å². The van der Waals surface area contributed by atoms with Crippen LogP contribution in [0.1, 0.15) is 17.3 Å². The van der Waals surface area contributed by atoms with E-state index in [1.165, 1.54) is 0 Å². The van der Waals surface area contributed by atoms with E-state index < -0.39 is 5.97 Å². The number of hydrogen-bond donors (Lipinski definition) is 2. The maximum atomic E-state index is 12.7. The molecule has 1 aromatic carbocycles. The first kappa shape index (κ1) is 18.7. The highest BCUT2D eigenvalue weighted by atomic mass is 16.5. The molecule has 1 saturated heterocycles. The van der Waals surface area contributed by atoms with Gasteiger partial charge in [-0.1, -0.05) is 12.1 Å². The van der Waals surface area contributed by atoms with Gasteiger partial charge in [-0.2, -0.15) is 0 Å².